The third kappa shape index (κ3) is 3.99. The molecule has 2 heterocycles. The molecule has 2 aromatic carbocycles. The molecular weight excluding hydrogens is 410 g/mol. The van der Waals surface area contributed by atoms with E-state index in [0.29, 0.717) is 30.8 Å². The van der Waals surface area contributed by atoms with Crippen LogP contribution in [0.25, 0.3) is 0 Å². The minimum atomic E-state index is -3.76. The highest BCUT2D eigenvalue weighted by Crippen LogP contribution is 2.36. The molecule has 1 amide bonds. The molecule has 2 atom stereocenters. The molecule has 0 bridgehead atoms. The highest BCUT2D eigenvalue weighted by atomic mass is 35.5. The predicted molar refractivity (Wildman–Crippen MR) is 116 cm³/mol. The Hall–Kier alpha value is -2.09. The molecule has 2 N–H and O–H groups in total. The molecule has 2 aliphatic rings. The first-order valence-corrected chi connectivity index (χ1v) is 11.1. The van der Waals surface area contributed by atoms with Gasteiger partial charge in [0.15, 0.2) is 0 Å². The molecule has 156 valence electrons. The van der Waals surface area contributed by atoms with Gasteiger partial charge in [-0.25, -0.2) is 8.42 Å². The zero-order chi connectivity index (χ0) is 19.9. The van der Waals surface area contributed by atoms with Crippen molar-refractivity contribution < 1.29 is 13.2 Å². The molecule has 8 heteroatoms. The summed E-state index contributed by atoms with van der Waals surface area (Å²) in [6, 6.07) is 13.7. The number of rotatable bonds is 3. The van der Waals surface area contributed by atoms with Crippen molar-refractivity contribution in [1.82, 2.24) is 4.90 Å². The minimum absolute atomic E-state index is 0. The number of halogens is 1. The molecule has 0 saturated carbocycles. The van der Waals surface area contributed by atoms with Crippen LogP contribution in [0, 0.1) is 0 Å². The number of likely N-dealkylation sites (tertiary alicyclic amines) is 1. The van der Waals surface area contributed by atoms with Crippen LogP contribution in [0.4, 0.5) is 5.69 Å². The fraction of sp³-hybridized carbons (Fsp3) is 0.381. The maximum atomic E-state index is 13.4. The summed E-state index contributed by atoms with van der Waals surface area (Å²) in [5, 5.41) is 0. The topological polar surface area (TPSA) is 83.7 Å². The number of hydrogen-bond acceptors (Lipinski definition) is 4. The summed E-state index contributed by atoms with van der Waals surface area (Å²) < 4.78 is 28.3. The Labute approximate surface area is 178 Å². The lowest BCUT2D eigenvalue weighted by atomic mass is 10.1. The Morgan fingerprint density at radius 3 is 2.66 bits per heavy atom. The number of benzene rings is 2. The lowest BCUT2D eigenvalue weighted by Crippen LogP contribution is -2.45. The highest BCUT2D eigenvalue weighted by molar-refractivity contribution is 7.92. The number of anilines is 1. The van der Waals surface area contributed by atoms with Gasteiger partial charge in [-0.1, -0.05) is 24.3 Å². The molecule has 1 fully saturated rings. The number of amides is 1. The van der Waals surface area contributed by atoms with Crippen molar-refractivity contribution in [3.05, 3.63) is 59.7 Å². The van der Waals surface area contributed by atoms with Gasteiger partial charge in [0, 0.05) is 30.7 Å². The molecule has 2 aromatic rings. The first-order chi connectivity index (χ1) is 13.4. The molecule has 6 nitrogen and oxygen atoms in total. The van der Waals surface area contributed by atoms with Gasteiger partial charge in [-0.3, -0.25) is 9.10 Å². The minimum Gasteiger partial charge on any atom is -0.337 e. The van der Waals surface area contributed by atoms with Gasteiger partial charge in [0.25, 0.3) is 15.9 Å². The van der Waals surface area contributed by atoms with Crippen molar-refractivity contribution in [2.45, 2.75) is 43.2 Å². The smallest absolute Gasteiger partial charge is 0.264 e. The third-order valence-electron chi connectivity index (χ3n) is 5.53. The number of hydrogen-bond donors (Lipinski definition) is 1. The van der Waals surface area contributed by atoms with Crippen LogP contribution in [0.1, 0.15) is 35.7 Å². The van der Waals surface area contributed by atoms with Gasteiger partial charge in [0.2, 0.25) is 0 Å². The fourth-order valence-electron chi connectivity index (χ4n) is 4.18. The van der Waals surface area contributed by atoms with Gasteiger partial charge in [0.1, 0.15) is 0 Å². The van der Waals surface area contributed by atoms with E-state index in [4.69, 9.17) is 5.73 Å². The summed E-state index contributed by atoms with van der Waals surface area (Å²) in [6.45, 7) is 3.06. The standard InChI is InChI=1S/C21H25N3O3S.ClH/c1-15-12-16-6-2-3-10-20(16)24(15)28(26,27)19-9-4-7-17(13-19)21(25)23-11-5-8-18(22)14-23;/h2-4,6-7,9-10,13,15,18H,5,8,11-12,14,22H2,1H3;1H. The van der Waals surface area contributed by atoms with E-state index < -0.39 is 10.0 Å². The maximum absolute atomic E-state index is 13.4. The van der Waals surface area contributed by atoms with E-state index in [1.165, 1.54) is 10.4 Å². The van der Waals surface area contributed by atoms with Gasteiger partial charge in [-0.05, 0) is 56.0 Å². The van der Waals surface area contributed by atoms with Gasteiger partial charge in [-0.2, -0.15) is 0 Å². The molecule has 0 radical (unpaired) electrons. The second-order valence-corrected chi connectivity index (χ2v) is 9.48. The molecule has 2 unspecified atom stereocenters. The zero-order valence-corrected chi connectivity index (χ0v) is 18.0. The first-order valence-electron chi connectivity index (χ1n) is 9.65. The lowest BCUT2D eigenvalue weighted by Gasteiger charge is -2.31. The Morgan fingerprint density at radius 1 is 1.14 bits per heavy atom. The molecule has 0 spiro atoms. The average molecular weight is 436 g/mol. The number of sulfonamides is 1. The van der Waals surface area contributed by atoms with Crippen LogP contribution in [-0.4, -0.2) is 44.4 Å². The van der Waals surface area contributed by atoms with Crippen molar-refractivity contribution in [2.24, 2.45) is 5.73 Å². The summed E-state index contributed by atoms with van der Waals surface area (Å²) in [5.74, 6) is -0.165. The van der Waals surface area contributed by atoms with Gasteiger partial charge >= 0.3 is 0 Å². The molecule has 29 heavy (non-hydrogen) atoms. The van der Waals surface area contributed by atoms with Crippen LogP contribution in [0.15, 0.2) is 53.4 Å². The van der Waals surface area contributed by atoms with Gasteiger partial charge in [0.05, 0.1) is 10.6 Å². The fourth-order valence-corrected chi connectivity index (χ4v) is 5.92. The van der Waals surface area contributed by atoms with E-state index in [9.17, 15) is 13.2 Å². The molecule has 0 aliphatic carbocycles. The van der Waals surface area contributed by atoms with Gasteiger partial charge in [-0.15, -0.1) is 12.4 Å². The lowest BCUT2D eigenvalue weighted by molar-refractivity contribution is 0.0708. The number of piperidine rings is 1. The zero-order valence-electron chi connectivity index (χ0n) is 16.3. The van der Waals surface area contributed by atoms with Crippen LogP contribution in [-0.2, 0) is 16.4 Å². The molecular formula is C21H26ClN3O3S. The Bertz CT molecular complexity index is 1010. The van der Waals surface area contributed by atoms with Crippen LogP contribution >= 0.6 is 12.4 Å². The maximum Gasteiger partial charge on any atom is 0.264 e. The summed E-state index contributed by atoms with van der Waals surface area (Å²) in [5.41, 5.74) is 8.11. The van der Waals surface area contributed by atoms with Crippen LogP contribution in [0.3, 0.4) is 0 Å². The molecule has 0 aromatic heterocycles. The van der Waals surface area contributed by atoms with E-state index in [1.807, 2.05) is 31.2 Å². The van der Waals surface area contributed by atoms with Crippen molar-refractivity contribution in [3.63, 3.8) is 0 Å². The molecule has 2 aliphatic heterocycles. The number of nitrogens with two attached hydrogens (primary N) is 1. The van der Waals surface area contributed by atoms with Gasteiger partial charge < -0.3 is 10.6 Å². The number of carbonyl (C=O) groups excluding carboxylic acids is 1. The number of carbonyl (C=O) groups is 1. The predicted octanol–water partition coefficient (Wildman–Crippen LogP) is 2.81. The average Bonchev–Trinajstić information content (AvgIpc) is 3.04. The van der Waals surface area contributed by atoms with Crippen molar-refractivity contribution in [3.8, 4) is 0 Å². The largest absolute Gasteiger partial charge is 0.337 e. The second-order valence-electron chi connectivity index (χ2n) is 7.66. The third-order valence-corrected chi connectivity index (χ3v) is 7.45. The summed E-state index contributed by atoms with van der Waals surface area (Å²) in [6.07, 6.45) is 2.46. The number of fused-ring (bicyclic) bond motifs is 1. The van der Waals surface area contributed by atoms with Crippen molar-refractivity contribution in [1.29, 1.82) is 0 Å². The Balaban J connectivity index is 0.00000240. The molecule has 4 rings (SSSR count). The Kier molecular flexibility index (Phi) is 6.22. The number of para-hydroxylation sites is 1. The van der Waals surface area contributed by atoms with Crippen LogP contribution in [0.2, 0.25) is 0 Å². The first kappa shape index (κ1) is 21.6. The van der Waals surface area contributed by atoms with E-state index >= 15 is 0 Å². The van der Waals surface area contributed by atoms with Crippen LogP contribution < -0.4 is 10.0 Å². The van der Waals surface area contributed by atoms with Crippen LogP contribution in [0.5, 0.6) is 0 Å². The monoisotopic (exact) mass is 435 g/mol. The SMILES string of the molecule is CC1Cc2ccccc2N1S(=O)(=O)c1cccc(C(=O)N2CCCC(N)C2)c1.Cl. The summed E-state index contributed by atoms with van der Waals surface area (Å²) in [7, 11) is -3.76. The van der Waals surface area contributed by atoms with E-state index in [1.54, 1.807) is 23.1 Å². The Morgan fingerprint density at radius 2 is 1.90 bits per heavy atom. The quantitative estimate of drug-likeness (QED) is 0.803. The number of nitrogens with zero attached hydrogens (tertiary/aromatic N) is 2. The van der Waals surface area contributed by atoms with Crippen molar-refractivity contribution >= 4 is 34.0 Å². The van der Waals surface area contributed by atoms with E-state index in [2.05, 4.69) is 0 Å². The van der Waals surface area contributed by atoms with E-state index in [-0.39, 0.29) is 35.3 Å². The molecule has 1 saturated heterocycles. The van der Waals surface area contributed by atoms with Crippen molar-refractivity contribution in [2.75, 3.05) is 17.4 Å². The summed E-state index contributed by atoms with van der Waals surface area (Å²) >= 11 is 0. The second kappa shape index (κ2) is 8.34. The normalized spacial score (nSPS) is 21.4. The highest BCUT2D eigenvalue weighted by Gasteiger charge is 2.36. The van der Waals surface area contributed by atoms with E-state index in [0.717, 1.165) is 18.4 Å². The summed E-state index contributed by atoms with van der Waals surface area (Å²) in [4.78, 5) is 14.7.